The third-order valence-corrected chi connectivity index (χ3v) is 4.73. The van der Waals surface area contributed by atoms with Crippen LogP contribution in [0.1, 0.15) is 37.6 Å². The van der Waals surface area contributed by atoms with Crippen molar-refractivity contribution in [1.82, 2.24) is 5.32 Å². The maximum atomic E-state index is 6.04. The minimum atomic E-state index is 0.389. The lowest BCUT2D eigenvalue weighted by molar-refractivity contribution is 0.0779. The predicted molar refractivity (Wildman–Crippen MR) is 73.9 cm³/mol. The SMILES string of the molecule is CCNC(c1ccc(Cl)s1)C1CCOC1CC. The summed E-state index contributed by atoms with van der Waals surface area (Å²) < 4.78 is 6.67. The molecule has 0 spiro atoms. The summed E-state index contributed by atoms with van der Waals surface area (Å²) in [6.07, 6.45) is 2.62. The number of rotatable bonds is 5. The average molecular weight is 274 g/mol. The molecule has 0 amide bonds. The van der Waals surface area contributed by atoms with Crippen molar-refractivity contribution in [1.29, 1.82) is 0 Å². The van der Waals surface area contributed by atoms with E-state index in [1.54, 1.807) is 11.3 Å². The number of nitrogens with one attached hydrogen (secondary N) is 1. The zero-order valence-electron chi connectivity index (χ0n) is 10.4. The van der Waals surface area contributed by atoms with Crippen LogP contribution in [0.15, 0.2) is 12.1 Å². The first kappa shape index (κ1) is 13.3. The molecule has 3 unspecified atom stereocenters. The van der Waals surface area contributed by atoms with Crippen molar-refractivity contribution in [3.63, 3.8) is 0 Å². The van der Waals surface area contributed by atoms with Crippen molar-refractivity contribution in [3.8, 4) is 0 Å². The summed E-state index contributed by atoms with van der Waals surface area (Å²) >= 11 is 7.72. The Bertz CT molecular complexity index is 355. The van der Waals surface area contributed by atoms with Gasteiger partial charge in [0.2, 0.25) is 0 Å². The third kappa shape index (κ3) is 3.02. The quantitative estimate of drug-likeness (QED) is 0.879. The summed E-state index contributed by atoms with van der Waals surface area (Å²) in [6, 6.07) is 4.53. The van der Waals surface area contributed by atoms with Crippen molar-refractivity contribution >= 4 is 22.9 Å². The Morgan fingerprint density at radius 3 is 2.94 bits per heavy atom. The van der Waals surface area contributed by atoms with Gasteiger partial charge in [-0.25, -0.2) is 0 Å². The van der Waals surface area contributed by atoms with E-state index in [4.69, 9.17) is 16.3 Å². The summed E-state index contributed by atoms with van der Waals surface area (Å²) in [7, 11) is 0. The lowest BCUT2D eigenvalue weighted by atomic mass is 9.90. The Balaban J connectivity index is 2.16. The molecule has 2 heterocycles. The zero-order chi connectivity index (χ0) is 12.3. The molecule has 96 valence electrons. The molecule has 0 bridgehead atoms. The molecule has 1 N–H and O–H groups in total. The van der Waals surface area contributed by atoms with E-state index in [0.717, 1.165) is 30.3 Å². The first-order chi connectivity index (χ1) is 8.26. The van der Waals surface area contributed by atoms with Gasteiger partial charge in [0.1, 0.15) is 0 Å². The summed E-state index contributed by atoms with van der Waals surface area (Å²) in [5, 5.41) is 3.59. The fourth-order valence-electron chi connectivity index (χ4n) is 2.65. The highest BCUT2D eigenvalue weighted by Gasteiger charge is 2.34. The molecule has 0 radical (unpaired) electrons. The maximum absolute atomic E-state index is 6.04. The number of halogens is 1. The van der Waals surface area contributed by atoms with E-state index < -0.39 is 0 Å². The first-order valence-corrected chi connectivity index (χ1v) is 7.56. The van der Waals surface area contributed by atoms with Crippen LogP contribution >= 0.6 is 22.9 Å². The number of ether oxygens (including phenoxy) is 1. The van der Waals surface area contributed by atoms with Crippen molar-refractivity contribution in [2.75, 3.05) is 13.2 Å². The van der Waals surface area contributed by atoms with E-state index in [-0.39, 0.29) is 0 Å². The van der Waals surface area contributed by atoms with E-state index in [1.807, 2.05) is 6.07 Å². The Hall–Kier alpha value is -0.0900. The summed E-state index contributed by atoms with van der Waals surface area (Å²) in [5.41, 5.74) is 0. The van der Waals surface area contributed by atoms with Crippen molar-refractivity contribution in [3.05, 3.63) is 21.3 Å². The fraction of sp³-hybridized carbons (Fsp3) is 0.692. The van der Waals surface area contributed by atoms with E-state index in [9.17, 15) is 0 Å². The molecule has 1 saturated heterocycles. The lowest BCUT2D eigenvalue weighted by Gasteiger charge is -2.27. The fourth-order valence-corrected chi connectivity index (χ4v) is 3.86. The molecule has 0 aliphatic carbocycles. The van der Waals surface area contributed by atoms with Crippen molar-refractivity contribution < 1.29 is 4.74 Å². The second-order valence-electron chi connectivity index (χ2n) is 4.45. The monoisotopic (exact) mass is 273 g/mol. The average Bonchev–Trinajstić information content (AvgIpc) is 2.94. The summed E-state index contributed by atoms with van der Waals surface area (Å²) in [6.45, 7) is 6.23. The van der Waals surface area contributed by atoms with Crippen molar-refractivity contribution in [2.24, 2.45) is 5.92 Å². The highest BCUT2D eigenvalue weighted by Crippen LogP contribution is 2.38. The van der Waals surface area contributed by atoms with Gasteiger partial charge in [-0.2, -0.15) is 0 Å². The molecular formula is C13H20ClNOS. The van der Waals surface area contributed by atoms with E-state index in [1.165, 1.54) is 4.88 Å². The van der Waals surface area contributed by atoms with Crippen LogP contribution in [0.4, 0.5) is 0 Å². The van der Waals surface area contributed by atoms with Gasteiger partial charge in [-0.15, -0.1) is 11.3 Å². The van der Waals surface area contributed by atoms with Crippen LogP contribution in [0.5, 0.6) is 0 Å². The molecule has 0 aromatic carbocycles. The minimum absolute atomic E-state index is 0.389. The van der Waals surface area contributed by atoms with E-state index in [2.05, 4.69) is 25.2 Å². The van der Waals surface area contributed by atoms with Gasteiger partial charge in [0.25, 0.3) is 0 Å². The highest BCUT2D eigenvalue weighted by atomic mass is 35.5. The van der Waals surface area contributed by atoms with Gasteiger partial charge in [0.05, 0.1) is 10.4 Å². The smallest absolute Gasteiger partial charge is 0.0931 e. The topological polar surface area (TPSA) is 21.3 Å². The van der Waals surface area contributed by atoms with Crippen molar-refractivity contribution in [2.45, 2.75) is 38.8 Å². The normalized spacial score (nSPS) is 26.3. The summed E-state index contributed by atoms with van der Waals surface area (Å²) in [4.78, 5) is 1.34. The van der Waals surface area contributed by atoms with Crippen LogP contribution in [0.2, 0.25) is 4.34 Å². The number of hydrogen-bond acceptors (Lipinski definition) is 3. The predicted octanol–water partition coefficient (Wildman–Crippen LogP) is 3.87. The van der Waals surface area contributed by atoms with Gasteiger partial charge in [-0.05, 0) is 31.5 Å². The zero-order valence-corrected chi connectivity index (χ0v) is 12.0. The van der Waals surface area contributed by atoms with Crippen LogP contribution in [-0.2, 0) is 4.74 Å². The Kier molecular flexibility index (Phi) is 4.86. The molecule has 4 heteroatoms. The van der Waals surface area contributed by atoms with Crippen LogP contribution in [0, 0.1) is 5.92 Å². The molecular weight excluding hydrogens is 254 g/mol. The Morgan fingerprint density at radius 2 is 2.35 bits per heavy atom. The van der Waals surface area contributed by atoms with Gasteiger partial charge in [-0.1, -0.05) is 25.4 Å². The Labute approximate surface area is 112 Å². The molecule has 2 rings (SSSR count). The third-order valence-electron chi connectivity index (χ3n) is 3.42. The molecule has 17 heavy (non-hydrogen) atoms. The van der Waals surface area contributed by atoms with E-state index in [0.29, 0.717) is 18.1 Å². The molecule has 2 nitrogen and oxygen atoms in total. The molecule has 0 saturated carbocycles. The van der Waals surface area contributed by atoms with Crippen LogP contribution in [0.25, 0.3) is 0 Å². The van der Waals surface area contributed by atoms with E-state index >= 15 is 0 Å². The minimum Gasteiger partial charge on any atom is -0.378 e. The largest absolute Gasteiger partial charge is 0.378 e. The van der Waals surface area contributed by atoms with Crippen LogP contribution in [0.3, 0.4) is 0 Å². The molecule has 1 aliphatic heterocycles. The van der Waals surface area contributed by atoms with Gasteiger partial charge in [-0.3, -0.25) is 0 Å². The van der Waals surface area contributed by atoms with Gasteiger partial charge in [0, 0.05) is 23.4 Å². The van der Waals surface area contributed by atoms with Gasteiger partial charge >= 0.3 is 0 Å². The van der Waals surface area contributed by atoms with Crippen LogP contribution in [-0.4, -0.2) is 19.3 Å². The first-order valence-electron chi connectivity index (χ1n) is 6.36. The maximum Gasteiger partial charge on any atom is 0.0931 e. The Morgan fingerprint density at radius 1 is 1.53 bits per heavy atom. The highest BCUT2D eigenvalue weighted by molar-refractivity contribution is 7.16. The lowest BCUT2D eigenvalue weighted by Crippen LogP contribution is -2.32. The molecule has 3 atom stereocenters. The summed E-state index contributed by atoms with van der Waals surface area (Å²) in [5.74, 6) is 0.578. The molecule has 1 aromatic rings. The standard InChI is InChI=1S/C13H20ClNOS/c1-3-10-9(7-8-16-10)13(15-4-2)11-5-6-12(14)17-11/h5-6,9-10,13,15H,3-4,7-8H2,1-2H3. The molecule has 1 fully saturated rings. The molecule has 1 aromatic heterocycles. The second-order valence-corrected chi connectivity index (χ2v) is 6.19. The number of hydrogen-bond donors (Lipinski definition) is 1. The van der Waals surface area contributed by atoms with Crippen LogP contribution < -0.4 is 5.32 Å². The second kappa shape index (κ2) is 6.19. The van der Waals surface area contributed by atoms with Gasteiger partial charge in [0.15, 0.2) is 0 Å². The van der Waals surface area contributed by atoms with Gasteiger partial charge < -0.3 is 10.1 Å². The number of thiophene rings is 1. The molecule has 1 aliphatic rings.